The van der Waals surface area contributed by atoms with E-state index in [0.717, 1.165) is 37.7 Å². The largest absolute Gasteiger partial charge is 0.472 e. The van der Waals surface area contributed by atoms with Crippen LogP contribution in [0.5, 0.6) is 0 Å². The molecule has 2 heterocycles. The molecule has 0 unspecified atom stereocenters. The first-order chi connectivity index (χ1) is 14.2. The molecule has 0 bridgehead atoms. The minimum Gasteiger partial charge on any atom is -0.472 e. The van der Waals surface area contributed by atoms with Gasteiger partial charge in [0, 0.05) is 23.0 Å². The Kier molecular flexibility index (Phi) is 5.36. The Bertz CT molecular complexity index is 836. The van der Waals surface area contributed by atoms with E-state index in [0.29, 0.717) is 5.57 Å². The van der Waals surface area contributed by atoms with E-state index in [4.69, 9.17) is 13.9 Å². The smallest absolute Gasteiger partial charge is 0.334 e. The van der Waals surface area contributed by atoms with Gasteiger partial charge in [-0.05, 0) is 48.7 Å². The van der Waals surface area contributed by atoms with E-state index in [9.17, 15) is 9.59 Å². The maximum atomic E-state index is 13.1. The molecule has 0 spiro atoms. The zero-order valence-corrected chi connectivity index (χ0v) is 18.8. The summed E-state index contributed by atoms with van der Waals surface area (Å²) in [7, 11) is 0. The van der Waals surface area contributed by atoms with Gasteiger partial charge in [-0.1, -0.05) is 41.0 Å². The van der Waals surface area contributed by atoms with E-state index in [1.54, 1.807) is 12.5 Å². The molecule has 2 aliphatic carbocycles. The summed E-state index contributed by atoms with van der Waals surface area (Å²) in [5, 5.41) is 0. The Balaban J connectivity index is 1.74. The van der Waals surface area contributed by atoms with Crippen molar-refractivity contribution in [2.45, 2.75) is 78.9 Å². The van der Waals surface area contributed by atoms with E-state index < -0.39 is 6.10 Å². The second kappa shape index (κ2) is 7.58. The van der Waals surface area contributed by atoms with Crippen molar-refractivity contribution in [1.82, 2.24) is 0 Å². The number of hydrogen-bond acceptors (Lipinski definition) is 5. The van der Waals surface area contributed by atoms with Gasteiger partial charge in [-0.15, -0.1) is 0 Å². The number of fused-ring (bicyclic) bond motifs is 3. The highest BCUT2D eigenvalue weighted by molar-refractivity contribution is 5.91. The Hall–Kier alpha value is -2.04. The third-order valence-electron chi connectivity index (χ3n) is 8.05. The first-order valence-electron chi connectivity index (χ1n) is 11.3. The van der Waals surface area contributed by atoms with Crippen molar-refractivity contribution in [1.29, 1.82) is 0 Å². The average molecular weight is 415 g/mol. The Morgan fingerprint density at radius 2 is 2.07 bits per heavy atom. The van der Waals surface area contributed by atoms with Gasteiger partial charge >= 0.3 is 11.9 Å². The summed E-state index contributed by atoms with van der Waals surface area (Å²) < 4.78 is 17.1. The summed E-state index contributed by atoms with van der Waals surface area (Å²) in [6.45, 7) is 10.8. The first kappa shape index (κ1) is 21.2. The molecule has 1 saturated heterocycles. The van der Waals surface area contributed by atoms with Crippen molar-refractivity contribution in [3.8, 4) is 0 Å². The monoisotopic (exact) mass is 414 g/mol. The van der Waals surface area contributed by atoms with Crippen molar-refractivity contribution in [3.05, 3.63) is 35.8 Å². The molecule has 1 saturated carbocycles. The molecule has 4 rings (SSSR count). The molecule has 2 fully saturated rings. The molecule has 164 valence electrons. The van der Waals surface area contributed by atoms with Gasteiger partial charge in [-0.25, -0.2) is 4.79 Å². The molecule has 0 N–H and O–H groups in total. The number of cyclic esters (lactones) is 1. The Labute approximate surface area is 179 Å². The van der Waals surface area contributed by atoms with Gasteiger partial charge in [0.15, 0.2) is 0 Å². The van der Waals surface area contributed by atoms with Gasteiger partial charge in [0.2, 0.25) is 0 Å². The minimum absolute atomic E-state index is 0.0158. The zero-order chi connectivity index (χ0) is 21.7. The second-order valence-electron chi connectivity index (χ2n) is 10.4. The minimum atomic E-state index is -0.393. The fourth-order valence-electron chi connectivity index (χ4n) is 6.33. The van der Waals surface area contributed by atoms with Gasteiger partial charge in [-0.3, -0.25) is 4.79 Å². The summed E-state index contributed by atoms with van der Waals surface area (Å²) in [6, 6.07) is 1.87. The molecule has 0 amide bonds. The van der Waals surface area contributed by atoms with Crippen LogP contribution in [0.2, 0.25) is 0 Å². The van der Waals surface area contributed by atoms with Gasteiger partial charge < -0.3 is 13.9 Å². The van der Waals surface area contributed by atoms with E-state index >= 15 is 0 Å². The lowest BCUT2D eigenvalue weighted by molar-refractivity contribution is -0.176. The molecule has 0 radical (unpaired) electrons. The van der Waals surface area contributed by atoms with Crippen molar-refractivity contribution in [2.75, 3.05) is 0 Å². The van der Waals surface area contributed by atoms with Crippen LogP contribution in [0.25, 0.3) is 0 Å². The van der Waals surface area contributed by atoms with Crippen LogP contribution in [0.15, 0.2) is 34.7 Å². The maximum Gasteiger partial charge on any atom is 0.334 e. The maximum absolute atomic E-state index is 13.1. The van der Waals surface area contributed by atoms with Crippen molar-refractivity contribution < 1.29 is 23.5 Å². The highest BCUT2D eigenvalue weighted by Crippen LogP contribution is 2.63. The number of carbonyl (C=O) groups is 2. The lowest BCUT2D eigenvalue weighted by Gasteiger charge is -2.59. The molecule has 1 aliphatic heterocycles. The highest BCUT2D eigenvalue weighted by Gasteiger charge is 2.60. The highest BCUT2D eigenvalue weighted by atomic mass is 16.6. The molecule has 3 aliphatic rings. The number of rotatable bonds is 4. The number of hydrogen-bond donors (Lipinski definition) is 0. The summed E-state index contributed by atoms with van der Waals surface area (Å²) in [5.74, 6) is -0.367. The van der Waals surface area contributed by atoms with Gasteiger partial charge in [-0.2, -0.15) is 0 Å². The van der Waals surface area contributed by atoms with E-state index in [1.807, 2.05) is 26.0 Å². The molecular formula is C25H34O5. The van der Waals surface area contributed by atoms with Gasteiger partial charge in [0.25, 0.3) is 0 Å². The standard InChI is InChI=1S/C25H34O5/c1-6-15(2)22(26)30-20-12-17-18(25(5)10-7-9-24(3,4)21(20)25)13-19(29-23(17)27)16-8-11-28-14-16/h8,11-12,14-15,18-21H,6-7,9-10,13H2,1-5H3/t15-,18+,19-,20-,21+,25-/m1/s1. The van der Waals surface area contributed by atoms with Crippen molar-refractivity contribution in [2.24, 2.45) is 28.6 Å². The summed E-state index contributed by atoms with van der Waals surface area (Å²) in [4.78, 5) is 25.8. The first-order valence-corrected chi connectivity index (χ1v) is 11.3. The lowest BCUT2D eigenvalue weighted by Crippen LogP contribution is -2.57. The number of esters is 2. The topological polar surface area (TPSA) is 65.7 Å². The summed E-state index contributed by atoms with van der Waals surface area (Å²) in [5.41, 5.74) is 1.48. The normalized spacial score (nSPS) is 36.0. The van der Waals surface area contributed by atoms with Crippen molar-refractivity contribution in [3.63, 3.8) is 0 Å². The molecule has 0 aromatic carbocycles. The van der Waals surface area contributed by atoms with Crippen LogP contribution in [0, 0.1) is 28.6 Å². The Morgan fingerprint density at radius 1 is 1.30 bits per heavy atom. The predicted molar refractivity (Wildman–Crippen MR) is 112 cm³/mol. The van der Waals surface area contributed by atoms with E-state index in [1.165, 1.54) is 0 Å². The molecular weight excluding hydrogens is 380 g/mol. The second-order valence-corrected chi connectivity index (χ2v) is 10.4. The van der Waals surface area contributed by atoms with Crippen LogP contribution in [0.4, 0.5) is 0 Å². The van der Waals surface area contributed by atoms with Crippen LogP contribution in [0.1, 0.15) is 78.4 Å². The molecule has 6 atom stereocenters. The summed E-state index contributed by atoms with van der Waals surface area (Å²) in [6.07, 6.45) is 9.22. The fourth-order valence-corrected chi connectivity index (χ4v) is 6.33. The quantitative estimate of drug-likeness (QED) is 0.599. The Morgan fingerprint density at radius 3 is 2.73 bits per heavy atom. The van der Waals surface area contributed by atoms with Crippen LogP contribution in [-0.4, -0.2) is 18.0 Å². The molecule has 30 heavy (non-hydrogen) atoms. The number of ether oxygens (including phenoxy) is 2. The average Bonchev–Trinajstić information content (AvgIpc) is 3.22. The third-order valence-corrected chi connectivity index (χ3v) is 8.05. The fraction of sp³-hybridized carbons (Fsp3) is 0.680. The number of carbonyl (C=O) groups excluding carboxylic acids is 2. The molecule has 1 aromatic heterocycles. The zero-order valence-electron chi connectivity index (χ0n) is 18.8. The molecule has 5 nitrogen and oxygen atoms in total. The van der Waals surface area contributed by atoms with Crippen LogP contribution in [-0.2, 0) is 19.1 Å². The number of furan rings is 1. The SMILES string of the molecule is CC[C@@H](C)C(=O)O[C@@H]1C=C2C(=O)O[C@@H](c3ccoc3)C[C@@H]2[C@@]2(C)CCCC(C)(C)[C@H]12. The van der Waals surface area contributed by atoms with Crippen LogP contribution < -0.4 is 0 Å². The van der Waals surface area contributed by atoms with Crippen LogP contribution >= 0.6 is 0 Å². The predicted octanol–water partition coefficient (Wildman–Crippen LogP) is 5.61. The molecule has 5 heteroatoms. The third kappa shape index (κ3) is 3.40. The van der Waals surface area contributed by atoms with E-state index in [2.05, 4.69) is 20.8 Å². The van der Waals surface area contributed by atoms with Crippen molar-refractivity contribution >= 4 is 11.9 Å². The lowest BCUT2D eigenvalue weighted by atomic mass is 9.47. The van der Waals surface area contributed by atoms with Crippen LogP contribution in [0.3, 0.4) is 0 Å². The van der Waals surface area contributed by atoms with Gasteiger partial charge in [0.05, 0.1) is 18.4 Å². The summed E-state index contributed by atoms with van der Waals surface area (Å²) >= 11 is 0. The molecule has 1 aromatic rings. The van der Waals surface area contributed by atoms with Gasteiger partial charge in [0.1, 0.15) is 12.2 Å². The van der Waals surface area contributed by atoms with E-state index in [-0.39, 0.29) is 46.6 Å².